The van der Waals surface area contributed by atoms with Crippen LogP contribution in [0.1, 0.15) is 129 Å². The first-order valence-corrected chi connectivity index (χ1v) is 25.9. The Hall–Kier alpha value is -6.36. The molecule has 3 aromatic carbocycles. The summed E-state index contributed by atoms with van der Waals surface area (Å²) in [5.74, 6) is 1.97. The number of amidine groups is 1. The molecule has 4 aliphatic rings. The number of carbonyl (C=O) groups is 4. The molecule has 0 spiro atoms. The molecule has 3 amide bonds. The zero-order valence-electron chi connectivity index (χ0n) is 42.0. The first-order chi connectivity index (χ1) is 34.3. The number of aliphatic hydroxyl groups excluding tert-OH is 1. The number of carbonyl (C=O) groups excluding carboxylic acids is 4. The molecule has 1 saturated heterocycles. The maximum absolute atomic E-state index is 14.3. The number of aryl methyl sites for hydroxylation is 2. The van der Waals surface area contributed by atoms with Crippen molar-refractivity contribution < 1.29 is 29.0 Å². The standard InChI is InChI=1S/C55H62ClN9O6S/c1-29-31(3)72-54-48(29)49(38-15-17-39(56)18-16-38)60-44(51-63-62-33(5)65(51)54)25-40(66)21-35-22-43(23-35)71-42-19-9-34(10-20-42)24-47(68)61-50(55(6,7)8)53(70)64-28-41(67)26-46(64)52(69)58-30(2)36-11-13-37(14-12-36)45-27-57-32(4)59-45/h9-20,30,35,41,43-44,46,50,67H,21-28H2,1-8H3,(H,58,69)(H,61,68)/t30-,35?,41+,43?,44-,46-,50+/m0/s1. The predicted molar refractivity (Wildman–Crippen MR) is 280 cm³/mol. The summed E-state index contributed by atoms with van der Waals surface area (Å²) in [6.07, 6.45) is 1.27. The van der Waals surface area contributed by atoms with E-state index in [1.165, 1.54) is 9.78 Å². The number of Topliss-reactive ketones (excluding diaryl/α,β-unsaturated/α-hetero) is 1. The number of nitrogens with zero attached hydrogens (tertiary/aromatic N) is 7. The van der Waals surface area contributed by atoms with Gasteiger partial charge in [-0.3, -0.25) is 33.7 Å². The molecule has 2 aromatic heterocycles. The number of amides is 3. The first-order valence-electron chi connectivity index (χ1n) is 24.7. The zero-order chi connectivity index (χ0) is 51.2. The van der Waals surface area contributed by atoms with E-state index in [2.05, 4.69) is 49.2 Å². The monoisotopic (exact) mass is 1010 g/mol. The van der Waals surface area contributed by atoms with Crippen molar-refractivity contribution in [2.24, 2.45) is 26.3 Å². The van der Waals surface area contributed by atoms with Crippen molar-refractivity contribution in [1.82, 2.24) is 30.3 Å². The SMILES string of the molecule is CC1=NCC(c2ccc([C@H](C)NC(=O)[C@@H]3C[C@@H](O)CN3C(=O)[C@@H](NC(=O)Cc3ccc(OC4CC(CC(=O)C[C@@H]5N=C(c6ccc(Cl)cc6)c6c(sc(C)c6C)-n6c(C)nnc65)C4)cc3)C(C)(C)C)cc2)=N1. The topological polar surface area (TPSA) is 193 Å². The lowest BCUT2D eigenvalue weighted by Crippen LogP contribution is -2.58. The molecular weight excluding hydrogens is 950 g/mol. The number of hydrogen-bond donors (Lipinski definition) is 3. The smallest absolute Gasteiger partial charge is 0.246 e. The van der Waals surface area contributed by atoms with E-state index in [1.807, 2.05) is 114 Å². The van der Waals surface area contributed by atoms with E-state index in [-0.39, 0.29) is 61.5 Å². The number of ether oxygens (including phenoxy) is 1. The molecule has 5 aromatic rings. The van der Waals surface area contributed by atoms with Crippen LogP contribution in [0, 0.1) is 32.1 Å². The number of aliphatic imine (C=N–C) groups is 3. The number of hydrogen-bond acceptors (Lipinski definition) is 12. The number of thiophene rings is 1. The van der Waals surface area contributed by atoms with Crippen LogP contribution in [-0.4, -0.2) is 103 Å². The number of benzene rings is 3. The van der Waals surface area contributed by atoms with Crippen molar-refractivity contribution in [3.63, 3.8) is 0 Å². The lowest BCUT2D eigenvalue weighted by Gasteiger charge is -2.35. The second kappa shape index (κ2) is 20.6. The lowest BCUT2D eigenvalue weighted by molar-refractivity contribution is -0.144. The number of likely N-dealkylation sites (tertiary alicyclic amines) is 1. The Bertz CT molecular complexity index is 2980. The minimum absolute atomic E-state index is 0.0192. The number of rotatable bonds is 15. The van der Waals surface area contributed by atoms with Gasteiger partial charge in [-0.25, -0.2) is 4.99 Å². The van der Waals surface area contributed by atoms with E-state index < -0.39 is 35.6 Å². The molecular formula is C55H62ClN9O6S. The van der Waals surface area contributed by atoms with Gasteiger partial charge in [0.05, 0.1) is 42.6 Å². The highest BCUT2D eigenvalue weighted by Crippen LogP contribution is 2.41. The third kappa shape index (κ3) is 10.9. The van der Waals surface area contributed by atoms with Crippen LogP contribution < -0.4 is 15.4 Å². The van der Waals surface area contributed by atoms with E-state index in [0.29, 0.717) is 29.6 Å². The van der Waals surface area contributed by atoms with E-state index in [1.54, 1.807) is 11.3 Å². The second-order valence-electron chi connectivity index (χ2n) is 20.8. The summed E-state index contributed by atoms with van der Waals surface area (Å²) in [6, 6.07) is 20.1. The van der Waals surface area contributed by atoms with Gasteiger partial charge in [-0.05, 0) is 105 Å². The number of ketones is 1. The van der Waals surface area contributed by atoms with Crippen molar-refractivity contribution in [3.8, 4) is 10.8 Å². The third-order valence-corrected chi connectivity index (χ3v) is 15.7. The molecule has 0 bridgehead atoms. The van der Waals surface area contributed by atoms with Gasteiger partial charge in [0.15, 0.2) is 5.82 Å². The van der Waals surface area contributed by atoms with E-state index >= 15 is 0 Å². The van der Waals surface area contributed by atoms with Crippen LogP contribution in [0.5, 0.6) is 5.75 Å². The number of halogens is 1. The molecule has 5 atom stereocenters. The largest absolute Gasteiger partial charge is 0.490 e. The molecule has 72 heavy (non-hydrogen) atoms. The van der Waals surface area contributed by atoms with Gasteiger partial charge in [-0.2, -0.15) is 0 Å². The Morgan fingerprint density at radius 2 is 1.58 bits per heavy atom. The van der Waals surface area contributed by atoms with Gasteiger partial charge < -0.3 is 25.4 Å². The number of fused-ring (bicyclic) bond motifs is 3. The average molecular weight is 1010 g/mol. The number of aliphatic hydroxyl groups is 1. The fourth-order valence-corrected chi connectivity index (χ4v) is 11.4. The van der Waals surface area contributed by atoms with Crippen LogP contribution in [0.25, 0.3) is 5.00 Å². The molecule has 376 valence electrons. The maximum Gasteiger partial charge on any atom is 0.246 e. The average Bonchev–Trinajstić information content (AvgIpc) is 4.10. The van der Waals surface area contributed by atoms with Gasteiger partial charge in [0.2, 0.25) is 17.7 Å². The van der Waals surface area contributed by atoms with Crippen LogP contribution in [0.15, 0.2) is 87.8 Å². The van der Waals surface area contributed by atoms with E-state index in [4.69, 9.17) is 21.3 Å². The number of nitrogens with one attached hydrogen (secondary N) is 2. The fraction of sp³-hybridized carbons (Fsp3) is 0.436. The van der Waals surface area contributed by atoms with E-state index in [9.17, 15) is 24.3 Å². The first kappa shape index (κ1) is 50.6. The Morgan fingerprint density at radius 1 is 0.889 bits per heavy atom. The highest BCUT2D eigenvalue weighted by molar-refractivity contribution is 7.15. The number of aromatic nitrogens is 3. The molecule has 0 unspecified atom stereocenters. The highest BCUT2D eigenvalue weighted by atomic mass is 35.5. The molecule has 1 saturated carbocycles. The summed E-state index contributed by atoms with van der Waals surface area (Å²) < 4.78 is 8.36. The predicted octanol–water partition coefficient (Wildman–Crippen LogP) is 8.14. The molecule has 15 nitrogen and oxygen atoms in total. The molecule has 5 heterocycles. The van der Waals surface area contributed by atoms with Crippen LogP contribution in [0.2, 0.25) is 5.02 Å². The van der Waals surface area contributed by atoms with Gasteiger partial charge in [0, 0.05) is 46.8 Å². The van der Waals surface area contributed by atoms with Gasteiger partial charge in [0.25, 0.3) is 0 Å². The summed E-state index contributed by atoms with van der Waals surface area (Å²) >= 11 is 7.96. The van der Waals surface area contributed by atoms with Crippen LogP contribution in [-0.2, 0) is 25.6 Å². The zero-order valence-corrected chi connectivity index (χ0v) is 43.6. The van der Waals surface area contributed by atoms with Gasteiger partial charge in [-0.1, -0.05) is 80.9 Å². The van der Waals surface area contributed by atoms with Crippen molar-refractivity contribution >= 4 is 63.7 Å². The molecule has 1 aliphatic carbocycles. The maximum atomic E-state index is 14.3. The van der Waals surface area contributed by atoms with Crippen LogP contribution in [0.4, 0.5) is 0 Å². The van der Waals surface area contributed by atoms with E-state index in [0.717, 1.165) is 74.3 Å². The van der Waals surface area contributed by atoms with Gasteiger partial charge in [0.1, 0.15) is 46.3 Å². The summed E-state index contributed by atoms with van der Waals surface area (Å²) in [5, 5.41) is 27.3. The molecule has 3 N–H and O–H groups in total. The molecule has 2 fully saturated rings. The summed E-state index contributed by atoms with van der Waals surface area (Å²) in [6.45, 7) is 16.0. The summed E-state index contributed by atoms with van der Waals surface area (Å²) in [5.41, 5.74) is 6.69. The highest BCUT2D eigenvalue weighted by Gasteiger charge is 2.45. The van der Waals surface area contributed by atoms with Crippen LogP contribution >= 0.6 is 22.9 Å². The third-order valence-electron chi connectivity index (χ3n) is 14.2. The normalized spacial score (nSPS) is 21.3. The lowest BCUT2D eigenvalue weighted by atomic mass is 9.78. The molecule has 17 heteroatoms. The summed E-state index contributed by atoms with van der Waals surface area (Å²) in [7, 11) is 0. The van der Waals surface area contributed by atoms with Crippen molar-refractivity contribution in [1.29, 1.82) is 0 Å². The molecule has 0 radical (unpaired) electrons. The molecule has 9 rings (SSSR count). The minimum Gasteiger partial charge on any atom is -0.490 e. The quantitative estimate of drug-likeness (QED) is 0.0936. The van der Waals surface area contributed by atoms with Crippen molar-refractivity contribution in [2.75, 3.05) is 13.1 Å². The molecule has 3 aliphatic heterocycles. The Kier molecular flexibility index (Phi) is 14.5. The Labute approximate surface area is 429 Å². The number of β-amino-alcohol motifs (C(OH)–C–C–N with tert-alkyl or cyclic N) is 1. The van der Waals surface area contributed by atoms with Crippen molar-refractivity contribution in [2.45, 2.75) is 130 Å². The Balaban J connectivity index is 0.766. The van der Waals surface area contributed by atoms with Crippen LogP contribution in [0.3, 0.4) is 0 Å². The van der Waals surface area contributed by atoms with Gasteiger partial charge >= 0.3 is 0 Å². The van der Waals surface area contributed by atoms with Crippen molar-refractivity contribution in [3.05, 3.63) is 128 Å². The second-order valence-corrected chi connectivity index (χ2v) is 22.4. The van der Waals surface area contributed by atoms with Gasteiger partial charge in [-0.15, -0.1) is 21.5 Å². The minimum atomic E-state index is -0.957. The fourth-order valence-electron chi connectivity index (χ4n) is 10.1. The Morgan fingerprint density at radius 3 is 2.25 bits per heavy atom. The summed E-state index contributed by atoms with van der Waals surface area (Å²) in [4.78, 5) is 72.1.